The maximum Gasteiger partial charge on any atom is 0.191 e. The van der Waals surface area contributed by atoms with Gasteiger partial charge in [0.25, 0.3) is 0 Å². The molecular formula is C22H32N4O4. The fourth-order valence-electron chi connectivity index (χ4n) is 3.24. The molecule has 164 valence electrons. The normalized spacial score (nSPS) is 15.1. The summed E-state index contributed by atoms with van der Waals surface area (Å²) < 4.78 is 21.6. The second-order valence-electron chi connectivity index (χ2n) is 6.98. The Bertz CT molecular complexity index is 773. The van der Waals surface area contributed by atoms with Gasteiger partial charge in [-0.25, -0.2) is 4.99 Å². The van der Waals surface area contributed by atoms with Crippen molar-refractivity contribution >= 4 is 5.96 Å². The first-order chi connectivity index (χ1) is 14.8. The lowest BCUT2D eigenvalue weighted by Crippen LogP contribution is -2.44. The lowest BCUT2D eigenvalue weighted by atomic mass is 10.2. The molecule has 1 aromatic heterocycles. The van der Waals surface area contributed by atoms with Gasteiger partial charge in [0, 0.05) is 50.8 Å². The highest BCUT2D eigenvalue weighted by Crippen LogP contribution is 2.25. The largest absolute Gasteiger partial charge is 0.497 e. The Morgan fingerprint density at radius 1 is 1.10 bits per heavy atom. The molecule has 1 fully saturated rings. The summed E-state index contributed by atoms with van der Waals surface area (Å²) in [5.41, 5.74) is 0.999. The molecule has 1 aliphatic rings. The Morgan fingerprint density at radius 3 is 2.67 bits per heavy atom. The minimum absolute atomic E-state index is 0.501. The van der Waals surface area contributed by atoms with Crippen molar-refractivity contribution in [3.63, 3.8) is 0 Å². The summed E-state index contributed by atoms with van der Waals surface area (Å²) in [6.07, 6.45) is 2.49. The number of aliphatic imine (C=N–C) groups is 1. The summed E-state index contributed by atoms with van der Waals surface area (Å²) in [6, 6.07) is 9.66. The Hall–Kier alpha value is -2.71. The van der Waals surface area contributed by atoms with Crippen LogP contribution >= 0.6 is 0 Å². The van der Waals surface area contributed by atoms with E-state index in [1.807, 2.05) is 30.3 Å². The van der Waals surface area contributed by atoms with E-state index in [-0.39, 0.29) is 0 Å². The summed E-state index contributed by atoms with van der Waals surface area (Å²) in [5, 5.41) is 6.83. The molecule has 0 aliphatic carbocycles. The molecule has 1 aliphatic heterocycles. The SMILES string of the molecule is COc1ccc(CN=C(NCCc2ccco2)NCCN2CCOCC2)c(OC)c1. The van der Waals surface area contributed by atoms with Crippen molar-refractivity contribution in [3.8, 4) is 11.5 Å². The van der Waals surface area contributed by atoms with Crippen LogP contribution < -0.4 is 20.1 Å². The van der Waals surface area contributed by atoms with Crippen LogP contribution in [0.25, 0.3) is 0 Å². The van der Waals surface area contributed by atoms with Crippen molar-refractivity contribution in [1.29, 1.82) is 0 Å². The third-order valence-electron chi connectivity index (χ3n) is 4.97. The molecule has 0 radical (unpaired) electrons. The third kappa shape index (κ3) is 6.96. The first-order valence-corrected chi connectivity index (χ1v) is 10.3. The zero-order valence-corrected chi connectivity index (χ0v) is 17.9. The van der Waals surface area contributed by atoms with Crippen molar-refractivity contribution in [2.75, 3.05) is 60.2 Å². The van der Waals surface area contributed by atoms with E-state index in [1.54, 1.807) is 20.5 Å². The predicted molar refractivity (Wildman–Crippen MR) is 116 cm³/mol. The number of nitrogens with one attached hydrogen (secondary N) is 2. The van der Waals surface area contributed by atoms with Crippen molar-refractivity contribution < 1.29 is 18.6 Å². The zero-order valence-electron chi connectivity index (χ0n) is 17.9. The maximum atomic E-state index is 5.49. The summed E-state index contributed by atoms with van der Waals surface area (Å²) >= 11 is 0. The summed E-state index contributed by atoms with van der Waals surface area (Å²) in [5.74, 6) is 3.25. The number of ether oxygens (including phenoxy) is 3. The van der Waals surface area contributed by atoms with E-state index in [9.17, 15) is 0 Å². The molecule has 1 saturated heterocycles. The van der Waals surface area contributed by atoms with E-state index in [1.165, 1.54) is 0 Å². The molecule has 0 bridgehead atoms. The third-order valence-corrected chi connectivity index (χ3v) is 4.97. The molecule has 30 heavy (non-hydrogen) atoms. The van der Waals surface area contributed by atoms with Gasteiger partial charge >= 0.3 is 0 Å². The molecule has 1 aromatic carbocycles. The monoisotopic (exact) mass is 416 g/mol. The van der Waals surface area contributed by atoms with Gasteiger partial charge < -0.3 is 29.3 Å². The molecule has 8 heteroatoms. The molecule has 8 nitrogen and oxygen atoms in total. The smallest absolute Gasteiger partial charge is 0.191 e. The molecule has 2 N–H and O–H groups in total. The number of hydrogen-bond acceptors (Lipinski definition) is 6. The summed E-state index contributed by atoms with van der Waals surface area (Å²) in [4.78, 5) is 7.15. The van der Waals surface area contributed by atoms with E-state index in [0.29, 0.717) is 6.54 Å². The highest BCUT2D eigenvalue weighted by atomic mass is 16.5. The van der Waals surface area contributed by atoms with Crippen LogP contribution in [0.15, 0.2) is 46.0 Å². The van der Waals surface area contributed by atoms with Crippen LogP contribution in [0.3, 0.4) is 0 Å². The zero-order chi connectivity index (χ0) is 21.0. The summed E-state index contributed by atoms with van der Waals surface area (Å²) in [6.45, 7) is 6.56. The van der Waals surface area contributed by atoms with Gasteiger partial charge in [0.1, 0.15) is 17.3 Å². The average molecular weight is 417 g/mol. The summed E-state index contributed by atoms with van der Waals surface area (Å²) in [7, 11) is 3.30. The molecule has 2 heterocycles. The molecule has 0 saturated carbocycles. The maximum absolute atomic E-state index is 5.49. The van der Waals surface area contributed by atoms with Crippen LogP contribution in [0.5, 0.6) is 11.5 Å². The van der Waals surface area contributed by atoms with Gasteiger partial charge in [0.05, 0.1) is 40.2 Å². The van der Waals surface area contributed by atoms with Gasteiger partial charge in [-0.3, -0.25) is 4.90 Å². The molecule has 0 unspecified atom stereocenters. The Balaban J connectivity index is 1.58. The van der Waals surface area contributed by atoms with E-state index >= 15 is 0 Å². The number of rotatable bonds is 10. The van der Waals surface area contributed by atoms with Gasteiger partial charge in [0.15, 0.2) is 5.96 Å². The fourth-order valence-corrected chi connectivity index (χ4v) is 3.24. The van der Waals surface area contributed by atoms with E-state index < -0.39 is 0 Å². The second-order valence-corrected chi connectivity index (χ2v) is 6.98. The number of furan rings is 1. The van der Waals surface area contributed by atoms with Gasteiger partial charge in [-0.1, -0.05) is 0 Å². The lowest BCUT2D eigenvalue weighted by Gasteiger charge is -2.26. The number of morpholine rings is 1. The molecular weight excluding hydrogens is 384 g/mol. The minimum atomic E-state index is 0.501. The topological polar surface area (TPSA) is 80.5 Å². The van der Waals surface area contributed by atoms with Crippen LogP contribution in [0.1, 0.15) is 11.3 Å². The van der Waals surface area contributed by atoms with E-state index in [4.69, 9.17) is 23.6 Å². The number of benzene rings is 1. The number of methoxy groups -OCH3 is 2. The Labute approximate surface area is 178 Å². The number of guanidine groups is 1. The lowest BCUT2D eigenvalue weighted by molar-refractivity contribution is 0.0389. The second kappa shape index (κ2) is 12.1. The van der Waals surface area contributed by atoms with Crippen LogP contribution in [0, 0.1) is 0 Å². The molecule has 0 atom stereocenters. The highest BCUT2D eigenvalue weighted by Gasteiger charge is 2.10. The quantitative estimate of drug-likeness (QED) is 0.452. The number of nitrogens with zero attached hydrogens (tertiary/aromatic N) is 2. The first kappa shape index (κ1) is 22.0. The van der Waals surface area contributed by atoms with Crippen molar-refractivity contribution in [2.24, 2.45) is 4.99 Å². The highest BCUT2D eigenvalue weighted by molar-refractivity contribution is 5.79. The predicted octanol–water partition coefficient (Wildman–Crippen LogP) is 1.91. The fraction of sp³-hybridized carbons (Fsp3) is 0.500. The standard InChI is InChI=1S/C22H32N4O4/c1-27-20-6-5-18(21(16-20)28-2)17-25-22(23-8-7-19-4-3-13-30-19)24-9-10-26-11-14-29-15-12-26/h3-6,13,16H,7-12,14-15,17H2,1-2H3,(H2,23,24,25). The molecule has 0 spiro atoms. The van der Waals surface area contributed by atoms with Gasteiger partial charge in [-0.05, 0) is 24.3 Å². The molecule has 2 aromatic rings. The van der Waals surface area contributed by atoms with Gasteiger partial charge in [0.2, 0.25) is 0 Å². The van der Waals surface area contributed by atoms with E-state index in [0.717, 1.165) is 81.1 Å². The first-order valence-electron chi connectivity index (χ1n) is 10.3. The van der Waals surface area contributed by atoms with Crippen LogP contribution in [-0.2, 0) is 17.7 Å². The van der Waals surface area contributed by atoms with Crippen LogP contribution in [-0.4, -0.2) is 71.0 Å². The Morgan fingerprint density at radius 2 is 1.93 bits per heavy atom. The van der Waals surface area contributed by atoms with Crippen LogP contribution in [0.4, 0.5) is 0 Å². The van der Waals surface area contributed by atoms with Crippen LogP contribution in [0.2, 0.25) is 0 Å². The molecule has 0 amide bonds. The van der Waals surface area contributed by atoms with Crippen molar-refractivity contribution in [1.82, 2.24) is 15.5 Å². The van der Waals surface area contributed by atoms with Crippen molar-refractivity contribution in [3.05, 3.63) is 47.9 Å². The van der Waals surface area contributed by atoms with Crippen molar-refractivity contribution in [2.45, 2.75) is 13.0 Å². The minimum Gasteiger partial charge on any atom is -0.497 e. The molecule has 3 rings (SSSR count). The van der Waals surface area contributed by atoms with Gasteiger partial charge in [-0.2, -0.15) is 0 Å². The Kier molecular flexibility index (Phi) is 8.86. The van der Waals surface area contributed by atoms with E-state index in [2.05, 4.69) is 15.5 Å². The number of hydrogen-bond donors (Lipinski definition) is 2. The average Bonchev–Trinajstić information content (AvgIpc) is 3.31. The van der Waals surface area contributed by atoms with Gasteiger partial charge in [-0.15, -0.1) is 0 Å².